The fraction of sp³-hybridized carbons (Fsp3) is 0.667. The van der Waals surface area contributed by atoms with Crippen LogP contribution in [0.4, 0.5) is 0 Å². The Morgan fingerprint density at radius 2 is 2.00 bits per heavy atom. The van der Waals surface area contributed by atoms with Crippen LogP contribution >= 0.6 is 22.9 Å². The van der Waals surface area contributed by atoms with Gasteiger partial charge in [0, 0.05) is 5.38 Å². The van der Waals surface area contributed by atoms with Crippen LogP contribution in [0.1, 0.15) is 57.4 Å². The highest BCUT2D eigenvalue weighted by molar-refractivity contribution is 7.08. The van der Waals surface area contributed by atoms with Gasteiger partial charge in [-0.25, -0.2) is 0 Å². The van der Waals surface area contributed by atoms with Gasteiger partial charge in [0.2, 0.25) is 0 Å². The van der Waals surface area contributed by atoms with Crippen LogP contribution in [0, 0.1) is 0 Å². The summed E-state index contributed by atoms with van der Waals surface area (Å²) in [7, 11) is 0. The summed E-state index contributed by atoms with van der Waals surface area (Å²) in [6.07, 6.45) is 6.41. The van der Waals surface area contributed by atoms with E-state index in [4.69, 9.17) is 11.6 Å². The lowest BCUT2D eigenvalue weighted by Gasteiger charge is -2.14. The monoisotopic (exact) mass is 230 g/mol. The summed E-state index contributed by atoms with van der Waals surface area (Å²) in [5, 5.41) is 5.24. The molecular formula is C12H19ClS. The van der Waals surface area contributed by atoms with Gasteiger partial charge in [0.25, 0.3) is 0 Å². The van der Waals surface area contributed by atoms with E-state index in [0.717, 1.165) is 5.02 Å². The molecule has 0 spiro atoms. The van der Waals surface area contributed by atoms with Crippen LogP contribution in [-0.4, -0.2) is 0 Å². The van der Waals surface area contributed by atoms with Gasteiger partial charge in [-0.15, -0.1) is 0 Å². The molecule has 0 nitrogen and oxygen atoms in total. The normalized spacial score (nSPS) is 13.1. The van der Waals surface area contributed by atoms with Crippen molar-refractivity contribution in [3.05, 3.63) is 21.3 Å². The van der Waals surface area contributed by atoms with Gasteiger partial charge in [0.15, 0.2) is 0 Å². The van der Waals surface area contributed by atoms with Gasteiger partial charge in [0.1, 0.15) is 0 Å². The van der Waals surface area contributed by atoms with Crippen molar-refractivity contribution >= 4 is 22.9 Å². The highest BCUT2D eigenvalue weighted by Gasteiger charge is 2.13. The molecule has 0 aliphatic heterocycles. The van der Waals surface area contributed by atoms with Crippen molar-refractivity contribution in [2.24, 2.45) is 0 Å². The van der Waals surface area contributed by atoms with Crippen molar-refractivity contribution < 1.29 is 0 Å². The summed E-state index contributed by atoms with van der Waals surface area (Å²) in [5.74, 6) is 0.693. The molecule has 2 heteroatoms. The topological polar surface area (TPSA) is 0 Å². The lowest BCUT2D eigenvalue weighted by molar-refractivity contribution is 0.542. The van der Waals surface area contributed by atoms with Crippen molar-refractivity contribution in [3.63, 3.8) is 0 Å². The molecule has 0 aliphatic carbocycles. The summed E-state index contributed by atoms with van der Waals surface area (Å²) in [6.45, 7) is 4.50. The van der Waals surface area contributed by atoms with Gasteiger partial charge in [-0.2, -0.15) is 11.3 Å². The van der Waals surface area contributed by atoms with E-state index in [9.17, 15) is 0 Å². The molecular weight excluding hydrogens is 212 g/mol. The Bertz CT molecular complexity index is 255. The van der Waals surface area contributed by atoms with E-state index >= 15 is 0 Å². The molecule has 1 unspecified atom stereocenters. The Hall–Kier alpha value is -0.0100. The highest BCUT2D eigenvalue weighted by atomic mass is 35.5. The third kappa shape index (κ3) is 3.29. The van der Waals surface area contributed by atoms with Crippen LogP contribution in [0.5, 0.6) is 0 Å². The van der Waals surface area contributed by atoms with Crippen molar-refractivity contribution in [3.8, 4) is 0 Å². The summed E-state index contributed by atoms with van der Waals surface area (Å²) < 4.78 is 0. The van der Waals surface area contributed by atoms with E-state index < -0.39 is 0 Å². The lowest BCUT2D eigenvalue weighted by Crippen LogP contribution is -1.97. The molecule has 0 aliphatic rings. The summed E-state index contributed by atoms with van der Waals surface area (Å²) in [4.78, 5) is 0. The Kier molecular flexibility index (Phi) is 5.57. The summed E-state index contributed by atoms with van der Waals surface area (Å²) in [5.41, 5.74) is 1.38. The number of halogens is 1. The maximum atomic E-state index is 6.16. The largest absolute Gasteiger partial charge is 0.151 e. The lowest BCUT2D eigenvalue weighted by atomic mass is 9.92. The minimum absolute atomic E-state index is 0.693. The molecule has 0 amide bonds. The fourth-order valence-electron chi connectivity index (χ4n) is 1.84. The first-order valence-corrected chi connectivity index (χ1v) is 6.83. The van der Waals surface area contributed by atoms with Gasteiger partial charge >= 0.3 is 0 Å². The second kappa shape index (κ2) is 6.47. The molecule has 0 saturated carbocycles. The molecule has 0 radical (unpaired) electrons. The molecule has 1 heterocycles. The molecule has 0 saturated heterocycles. The van der Waals surface area contributed by atoms with E-state index in [-0.39, 0.29) is 0 Å². The molecule has 0 bridgehead atoms. The van der Waals surface area contributed by atoms with Crippen LogP contribution in [-0.2, 0) is 0 Å². The van der Waals surface area contributed by atoms with Crippen molar-refractivity contribution in [1.29, 1.82) is 0 Å². The number of unbranched alkanes of at least 4 members (excludes halogenated alkanes) is 1. The Labute approximate surface area is 96.3 Å². The fourth-order valence-corrected chi connectivity index (χ4v) is 3.05. The third-order valence-corrected chi connectivity index (χ3v) is 3.84. The molecule has 1 atom stereocenters. The quantitative estimate of drug-likeness (QED) is 0.608. The second-order valence-electron chi connectivity index (χ2n) is 3.80. The molecule has 80 valence electrons. The first-order valence-electron chi connectivity index (χ1n) is 5.51. The summed E-state index contributed by atoms with van der Waals surface area (Å²) in [6, 6.07) is 0. The second-order valence-corrected chi connectivity index (χ2v) is 4.95. The summed E-state index contributed by atoms with van der Waals surface area (Å²) >= 11 is 7.88. The minimum atomic E-state index is 0.693. The first-order chi connectivity index (χ1) is 6.79. The highest BCUT2D eigenvalue weighted by Crippen LogP contribution is 2.34. The number of hydrogen-bond acceptors (Lipinski definition) is 1. The first kappa shape index (κ1) is 12.1. The van der Waals surface area contributed by atoms with Gasteiger partial charge in [-0.05, 0) is 29.7 Å². The zero-order chi connectivity index (χ0) is 10.4. The van der Waals surface area contributed by atoms with Crippen LogP contribution < -0.4 is 0 Å². The molecule has 0 N–H and O–H groups in total. The SMILES string of the molecule is CCCCC(CCC)c1cscc1Cl. The molecule has 1 aromatic heterocycles. The predicted molar refractivity (Wildman–Crippen MR) is 66.5 cm³/mol. The van der Waals surface area contributed by atoms with E-state index in [2.05, 4.69) is 19.2 Å². The van der Waals surface area contributed by atoms with Crippen molar-refractivity contribution in [1.82, 2.24) is 0 Å². The average molecular weight is 231 g/mol. The number of thiophene rings is 1. The minimum Gasteiger partial charge on any atom is -0.151 e. The van der Waals surface area contributed by atoms with Gasteiger partial charge in [0.05, 0.1) is 5.02 Å². The smallest absolute Gasteiger partial charge is 0.0547 e. The number of rotatable bonds is 6. The maximum absolute atomic E-state index is 6.16. The average Bonchev–Trinajstić information content (AvgIpc) is 2.59. The van der Waals surface area contributed by atoms with Gasteiger partial charge in [-0.1, -0.05) is 44.7 Å². The van der Waals surface area contributed by atoms with E-state index in [1.54, 1.807) is 11.3 Å². The van der Waals surface area contributed by atoms with Crippen molar-refractivity contribution in [2.75, 3.05) is 0 Å². The van der Waals surface area contributed by atoms with E-state index in [1.807, 2.05) is 5.38 Å². The van der Waals surface area contributed by atoms with E-state index in [0.29, 0.717) is 5.92 Å². The molecule has 0 aromatic carbocycles. The van der Waals surface area contributed by atoms with Crippen LogP contribution in [0.25, 0.3) is 0 Å². The van der Waals surface area contributed by atoms with Crippen LogP contribution in [0.2, 0.25) is 5.02 Å². The Balaban J connectivity index is 2.62. The van der Waals surface area contributed by atoms with E-state index in [1.165, 1.54) is 37.7 Å². The molecule has 1 aromatic rings. The molecule has 1 rings (SSSR count). The third-order valence-electron chi connectivity index (χ3n) is 2.63. The standard InChI is InChI=1S/C12H19ClS/c1-3-5-7-10(6-4-2)11-8-14-9-12(11)13/h8-10H,3-7H2,1-2H3. The Morgan fingerprint density at radius 3 is 2.50 bits per heavy atom. The molecule has 0 fully saturated rings. The zero-order valence-corrected chi connectivity index (χ0v) is 10.6. The Morgan fingerprint density at radius 1 is 1.21 bits per heavy atom. The maximum Gasteiger partial charge on any atom is 0.0547 e. The number of hydrogen-bond donors (Lipinski definition) is 0. The van der Waals surface area contributed by atoms with Gasteiger partial charge < -0.3 is 0 Å². The van der Waals surface area contributed by atoms with Crippen LogP contribution in [0.3, 0.4) is 0 Å². The molecule has 14 heavy (non-hydrogen) atoms. The predicted octanol–water partition coefficient (Wildman–Crippen LogP) is 5.48. The zero-order valence-electron chi connectivity index (χ0n) is 9.05. The van der Waals surface area contributed by atoms with Crippen LogP contribution in [0.15, 0.2) is 10.8 Å². The van der Waals surface area contributed by atoms with Gasteiger partial charge in [-0.3, -0.25) is 0 Å². The van der Waals surface area contributed by atoms with Crippen molar-refractivity contribution in [2.45, 2.75) is 51.9 Å².